The van der Waals surface area contributed by atoms with Gasteiger partial charge in [0.1, 0.15) is 11.6 Å². The van der Waals surface area contributed by atoms with Crippen LogP contribution in [0.25, 0.3) is 11.6 Å². The lowest BCUT2D eigenvalue weighted by Gasteiger charge is -2.10. The van der Waals surface area contributed by atoms with Crippen molar-refractivity contribution in [3.63, 3.8) is 0 Å². The lowest BCUT2D eigenvalue weighted by Crippen LogP contribution is -2.37. The summed E-state index contributed by atoms with van der Waals surface area (Å²) >= 11 is 0. The minimum Gasteiger partial charge on any atom is -0.461 e. The van der Waals surface area contributed by atoms with Crippen LogP contribution in [0.15, 0.2) is 52.1 Å². The molecule has 0 amide bonds. The predicted octanol–water partition coefficient (Wildman–Crippen LogP) is 3.08. The second-order valence-corrected chi connectivity index (χ2v) is 5.26. The van der Waals surface area contributed by atoms with E-state index in [9.17, 15) is 4.39 Å². The van der Waals surface area contributed by atoms with Crippen molar-refractivity contribution in [3.8, 4) is 11.6 Å². The van der Waals surface area contributed by atoms with Gasteiger partial charge < -0.3 is 15.1 Å². The van der Waals surface area contributed by atoms with Crippen LogP contribution in [-0.4, -0.2) is 27.7 Å². The Morgan fingerprint density at radius 1 is 1.27 bits per heavy atom. The highest BCUT2D eigenvalue weighted by molar-refractivity contribution is 14.0. The third-order valence-electron chi connectivity index (χ3n) is 3.35. The Hall–Kier alpha value is -2.43. The van der Waals surface area contributed by atoms with Gasteiger partial charge in [-0.1, -0.05) is 12.1 Å². The van der Waals surface area contributed by atoms with Crippen molar-refractivity contribution >= 4 is 29.9 Å². The van der Waals surface area contributed by atoms with E-state index in [1.807, 2.05) is 13.0 Å². The molecule has 0 saturated carbocycles. The zero-order chi connectivity index (χ0) is 17.5. The Bertz CT molecular complexity index is 833. The molecule has 2 aromatic heterocycles. The molecule has 9 heteroatoms. The van der Waals surface area contributed by atoms with Crippen molar-refractivity contribution in [3.05, 3.63) is 59.9 Å². The van der Waals surface area contributed by atoms with Crippen molar-refractivity contribution in [1.82, 2.24) is 25.8 Å². The number of rotatable bonds is 6. The number of halogens is 2. The molecule has 2 heterocycles. The third-order valence-corrected chi connectivity index (χ3v) is 3.35. The molecular formula is C17H20FIN6O. The SMILES string of the molecule is CCNC(=NCc1cccc(F)c1)NCc1nc(-c2ccco2)n[nH]1.I. The fraction of sp³-hybridized carbons (Fsp3) is 0.235. The number of guanidine groups is 1. The van der Waals surface area contributed by atoms with Crippen LogP contribution in [0.2, 0.25) is 0 Å². The van der Waals surface area contributed by atoms with E-state index >= 15 is 0 Å². The van der Waals surface area contributed by atoms with E-state index in [1.54, 1.807) is 24.5 Å². The summed E-state index contributed by atoms with van der Waals surface area (Å²) in [6.07, 6.45) is 1.58. The number of aromatic amines is 1. The van der Waals surface area contributed by atoms with Gasteiger partial charge in [-0.05, 0) is 36.8 Å². The predicted molar refractivity (Wildman–Crippen MR) is 108 cm³/mol. The molecule has 7 nitrogen and oxygen atoms in total. The highest BCUT2D eigenvalue weighted by Crippen LogP contribution is 2.14. The lowest BCUT2D eigenvalue weighted by atomic mass is 10.2. The molecule has 3 aromatic rings. The first-order valence-electron chi connectivity index (χ1n) is 7.96. The summed E-state index contributed by atoms with van der Waals surface area (Å²) in [5.74, 6) is 2.11. The largest absolute Gasteiger partial charge is 0.461 e. The molecule has 0 fully saturated rings. The van der Waals surface area contributed by atoms with Gasteiger partial charge in [-0.25, -0.2) is 14.4 Å². The van der Waals surface area contributed by atoms with Gasteiger partial charge in [-0.2, -0.15) is 0 Å². The maximum absolute atomic E-state index is 13.2. The molecule has 0 unspecified atom stereocenters. The van der Waals surface area contributed by atoms with E-state index in [0.717, 1.165) is 5.56 Å². The number of benzene rings is 1. The van der Waals surface area contributed by atoms with Crippen molar-refractivity contribution in [2.45, 2.75) is 20.0 Å². The van der Waals surface area contributed by atoms with E-state index in [-0.39, 0.29) is 29.8 Å². The Balaban J connectivity index is 0.00000243. The van der Waals surface area contributed by atoms with Crippen LogP contribution < -0.4 is 10.6 Å². The van der Waals surface area contributed by atoms with Gasteiger partial charge in [0.15, 0.2) is 11.7 Å². The van der Waals surface area contributed by atoms with Gasteiger partial charge >= 0.3 is 0 Å². The second kappa shape index (κ2) is 9.90. The first-order chi connectivity index (χ1) is 12.2. The summed E-state index contributed by atoms with van der Waals surface area (Å²) in [6.45, 7) is 3.48. The number of aromatic nitrogens is 3. The zero-order valence-electron chi connectivity index (χ0n) is 14.2. The first kappa shape index (κ1) is 19.9. The summed E-state index contributed by atoms with van der Waals surface area (Å²) in [5, 5.41) is 13.3. The third kappa shape index (κ3) is 5.55. The van der Waals surface area contributed by atoms with E-state index in [1.165, 1.54) is 12.1 Å². The summed E-state index contributed by atoms with van der Waals surface area (Å²) in [5.41, 5.74) is 0.803. The summed E-state index contributed by atoms with van der Waals surface area (Å²) in [7, 11) is 0. The molecule has 3 N–H and O–H groups in total. The molecule has 0 aliphatic rings. The first-order valence-corrected chi connectivity index (χ1v) is 7.96. The highest BCUT2D eigenvalue weighted by Gasteiger charge is 2.08. The average Bonchev–Trinajstić information content (AvgIpc) is 3.28. The van der Waals surface area contributed by atoms with Crippen molar-refractivity contribution < 1.29 is 8.81 Å². The molecule has 0 radical (unpaired) electrons. The number of H-pyrrole nitrogens is 1. The Kier molecular flexibility index (Phi) is 7.57. The van der Waals surface area contributed by atoms with E-state index in [2.05, 4.69) is 30.8 Å². The normalized spacial score (nSPS) is 11.1. The maximum atomic E-state index is 13.2. The molecular weight excluding hydrogens is 450 g/mol. The molecule has 138 valence electrons. The molecule has 26 heavy (non-hydrogen) atoms. The molecule has 0 saturated heterocycles. The number of hydrogen-bond donors (Lipinski definition) is 3. The average molecular weight is 470 g/mol. The zero-order valence-corrected chi connectivity index (χ0v) is 16.5. The summed E-state index contributed by atoms with van der Waals surface area (Å²) < 4.78 is 18.5. The van der Waals surface area contributed by atoms with Crippen LogP contribution in [0.1, 0.15) is 18.3 Å². The highest BCUT2D eigenvalue weighted by atomic mass is 127. The van der Waals surface area contributed by atoms with E-state index < -0.39 is 0 Å². The number of furan rings is 1. The Morgan fingerprint density at radius 2 is 2.15 bits per heavy atom. The minimum atomic E-state index is -0.266. The van der Waals surface area contributed by atoms with E-state index in [0.29, 0.717) is 43.0 Å². The van der Waals surface area contributed by atoms with Crippen molar-refractivity contribution in [2.24, 2.45) is 4.99 Å². The maximum Gasteiger partial charge on any atom is 0.216 e. The van der Waals surface area contributed by atoms with Gasteiger partial charge in [0.2, 0.25) is 5.82 Å². The molecule has 1 aromatic carbocycles. The van der Waals surface area contributed by atoms with Gasteiger partial charge in [0, 0.05) is 6.54 Å². The number of aliphatic imine (C=N–C) groups is 1. The van der Waals surface area contributed by atoms with Crippen LogP contribution in [0.4, 0.5) is 4.39 Å². The fourth-order valence-corrected chi connectivity index (χ4v) is 2.21. The number of nitrogens with one attached hydrogen (secondary N) is 3. The minimum absolute atomic E-state index is 0. The molecule has 0 bridgehead atoms. The van der Waals surface area contributed by atoms with Crippen LogP contribution in [0.5, 0.6) is 0 Å². The van der Waals surface area contributed by atoms with Crippen LogP contribution in [0, 0.1) is 5.82 Å². The number of hydrogen-bond acceptors (Lipinski definition) is 4. The monoisotopic (exact) mass is 470 g/mol. The molecule has 0 spiro atoms. The lowest BCUT2D eigenvalue weighted by molar-refractivity contribution is 0.577. The van der Waals surface area contributed by atoms with Crippen LogP contribution in [-0.2, 0) is 13.1 Å². The number of nitrogens with zero attached hydrogens (tertiary/aromatic N) is 3. The van der Waals surface area contributed by atoms with Gasteiger partial charge in [0.05, 0.1) is 19.4 Å². The Labute approximate surface area is 167 Å². The van der Waals surface area contributed by atoms with Crippen LogP contribution >= 0.6 is 24.0 Å². The van der Waals surface area contributed by atoms with Gasteiger partial charge in [-0.3, -0.25) is 5.10 Å². The van der Waals surface area contributed by atoms with Crippen LogP contribution in [0.3, 0.4) is 0 Å². The van der Waals surface area contributed by atoms with Crippen molar-refractivity contribution in [2.75, 3.05) is 6.54 Å². The fourth-order valence-electron chi connectivity index (χ4n) is 2.21. The van der Waals surface area contributed by atoms with Gasteiger partial charge in [0.25, 0.3) is 0 Å². The van der Waals surface area contributed by atoms with E-state index in [4.69, 9.17) is 4.42 Å². The molecule has 0 aliphatic heterocycles. The van der Waals surface area contributed by atoms with Crippen molar-refractivity contribution in [1.29, 1.82) is 0 Å². The second-order valence-electron chi connectivity index (χ2n) is 5.26. The smallest absolute Gasteiger partial charge is 0.216 e. The summed E-state index contributed by atoms with van der Waals surface area (Å²) in [4.78, 5) is 8.80. The standard InChI is InChI=1S/C17H19FN6O.HI/c1-2-19-17(20-10-12-5-3-6-13(18)9-12)21-11-15-22-16(24-23-15)14-7-4-8-25-14;/h3-9H,2,10-11H2,1H3,(H2,19,20,21)(H,22,23,24);1H. The Morgan fingerprint density at radius 3 is 2.88 bits per heavy atom. The topological polar surface area (TPSA) is 91.1 Å². The quantitative estimate of drug-likeness (QED) is 0.293. The molecule has 0 atom stereocenters. The summed E-state index contributed by atoms with van der Waals surface area (Å²) in [6, 6.07) is 9.97. The molecule has 3 rings (SSSR count). The van der Waals surface area contributed by atoms with Gasteiger partial charge in [-0.15, -0.1) is 29.1 Å². The molecule has 0 aliphatic carbocycles.